The normalized spacial score (nSPS) is 19.3. The van der Waals surface area contributed by atoms with E-state index in [4.69, 9.17) is 0 Å². The Morgan fingerprint density at radius 2 is 1.65 bits per heavy atom. The summed E-state index contributed by atoms with van der Waals surface area (Å²) in [5, 5.41) is 19.5. The van der Waals surface area contributed by atoms with Gasteiger partial charge in [0.2, 0.25) is 0 Å². The zero-order valence-corrected chi connectivity index (χ0v) is 16.2. The second-order valence-corrected chi connectivity index (χ2v) is 9.08. The van der Waals surface area contributed by atoms with Gasteiger partial charge >= 0.3 is 5.97 Å². The Morgan fingerprint density at radius 1 is 0.962 bits per heavy atom. The molecule has 1 aromatic rings. The van der Waals surface area contributed by atoms with Crippen molar-refractivity contribution in [2.24, 2.45) is 10.8 Å². The summed E-state index contributed by atoms with van der Waals surface area (Å²) in [6, 6.07) is 5.91. The summed E-state index contributed by atoms with van der Waals surface area (Å²) >= 11 is 0. The van der Waals surface area contributed by atoms with E-state index in [0.717, 1.165) is 63.4 Å². The van der Waals surface area contributed by atoms with Gasteiger partial charge in [0.25, 0.3) is 0 Å². The average molecular weight is 359 g/mol. The third-order valence-corrected chi connectivity index (χ3v) is 6.72. The number of aromatic hydroxyl groups is 1. The molecule has 2 N–H and O–H groups in total. The molecule has 0 spiro atoms. The number of benzene rings is 1. The standard InChI is InChI=1S/C23H34O3/c1-22(14-15-22)12-6-4-10-19-18(9-7-11-20(19)24)8-3-2-5-13-23(16-17-23)21(25)26/h7,9,11,24H,2-6,8,10,12-17H2,1H3,(H,25,26). The number of aryl methyl sites for hydroxylation is 1. The summed E-state index contributed by atoms with van der Waals surface area (Å²) in [6.07, 6.45) is 14.2. The van der Waals surface area contributed by atoms with Crippen LogP contribution >= 0.6 is 0 Å². The molecule has 3 rings (SSSR count). The zero-order chi connectivity index (χ0) is 18.6. The Morgan fingerprint density at radius 3 is 2.31 bits per heavy atom. The summed E-state index contributed by atoms with van der Waals surface area (Å²) in [5.74, 6) is -0.157. The Hall–Kier alpha value is -1.51. The highest BCUT2D eigenvalue weighted by molar-refractivity contribution is 5.77. The third-order valence-electron chi connectivity index (χ3n) is 6.72. The number of phenols is 1. The van der Waals surface area contributed by atoms with E-state index < -0.39 is 5.97 Å². The Kier molecular flexibility index (Phi) is 5.94. The van der Waals surface area contributed by atoms with Gasteiger partial charge in [0.1, 0.15) is 5.75 Å². The molecule has 0 heterocycles. The number of carboxylic acid groups (broad SMARTS) is 1. The quantitative estimate of drug-likeness (QED) is 0.459. The van der Waals surface area contributed by atoms with E-state index in [2.05, 4.69) is 13.0 Å². The van der Waals surface area contributed by atoms with Crippen LogP contribution in [0.15, 0.2) is 18.2 Å². The van der Waals surface area contributed by atoms with Gasteiger partial charge in [-0.2, -0.15) is 0 Å². The molecule has 0 atom stereocenters. The molecule has 0 unspecified atom stereocenters. The number of carboxylic acids is 1. The molecule has 26 heavy (non-hydrogen) atoms. The van der Waals surface area contributed by atoms with E-state index in [1.54, 1.807) is 0 Å². The Balaban J connectivity index is 1.40. The van der Waals surface area contributed by atoms with Crippen LogP contribution in [0.3, 0.4) is 0 Å². The molecule has 0 aliphatic heterocycles. The monoisotopic (exact) mass is 358 g/mol. The molecule has 0 radical (unpaired) electrons. The summed E-state index contributed by atoms with van der Waals surface area (Å²) in [7, 11) is 0. The van der Waals surface area contributed by atoms with Gasteiger partial charge in [0.15, 0.2) is 0 Å². The van der Waals surface area contributed by atoms with Crippen molar-refractivity contribution in [2.45, 2.75) is 90.4 Å². The highest BCUT2D eigenvalue weighted by Gasteiger charge is 2.49. The van der Waals surface area contributed by atoms with Crippen molar-refractivity contribution < 1.29 is 15.0 Å². The maximum absolute atomic E-state index is 11.2. The van der Waals surface area contributed by atoms with Gasteiger partial charge in [0, 0.05) is 0 Å². The molecule has 0 amide bonds. The summed E-state index contributed by atoms with van der Waals surface area (Å²) in [6.45, 7) is 2.38. The fourth-order valence-electron chi connectivity index (χ4n) is 4.14. The lowest BCUT2D eigenvalue weighted by Crippen LogP contribution is -2.14. The predicted molar refractivity (Wildman–Crippen MR) is 104 cm³/mol. The number of carbonyl (C=O) groups is 1. The molecular weight excluding hydrogens is 324 g/mol. The van der Waals surface area contributed by atoms with Crippen molar-refractivity contribution in [2.75, 3.05) is 0 Å². The van der Waals surface area contributed by atoms with E-state index in [1.165, 1.54) is 31.2 Å². The van der Waals surface area contributed by atoms with E-state index in [9.17, 15) is 15.0 Å². The number of unbranched alkanes of at least 4 members (excludes halogenated alkanes) is 3. The molecule has 2 aliphatic carbocycles. The van der Waals surface area contributed by atoms with Crippen molar-refractivity contribution in [3.8, 4) is 5.75 Å². The Labute approximate surface area is 157 Å². The first-order valence-electron chi connectivity index (χ1n) is 10.5. The van der Waals surface area contributed by atoms with Crippen LogP contribution < -0.4 is 0 Å². The molecule has 0 bridgehead atoms. The number of aliphatic carboxylic acids is 1. The zero-order valence-electron chi connectivity index (χ0n) is 16.2. The number of hydrogen-bond acceptors (Lipinski definition) is 2. The van der Waals surface area contributed by atoms with E-state index in [0.29, 0.717) is 11.2 Å². The smallest absolute Gasteiger partial charge is 0.309 e. The molecule has 0 aromatic heterocycles. The number of rotatable bonds is 12. The third kappa shape index (κ3) is 5.02. The molecule has 2 fully saturated rings. The summed E-state index contributed by atoms with van der Waals surface area (Å²) in [4.78, 5) is 11.2. The minimum absolute atomic E-state index is 0.381. The molecule has 2 saturated carbocycles. The highest BCUT2D eigenvalue weighted by atomic mass is 16.4. The summed E-state index contributed by atoms with van der Waals surface area (Å²) in [5.41, 5.74) is 2.66. The van der Waals surface area contributed by atoms with Gasteiger partial charge in [-0.1, -0.05) is 38.3 Å². The highest BCUT2D eigenvalue weighted by Crippen LogP contribution is 2.50. The van der Waals surface area contributed by atoms with Gasteiger partial charge in [-0.25, -0.2) is 0 Å². The first-order valence-corrected chi connectivity index (χ1v) is 10.5. The molecule has 0 saturated heterocycles. The van der Waals surface area contributed by atoms with Gasteiger partial charge in [-0.15, -0.1) is 0 Å². The minimum Gasteiger partial charge on any atom is -0.508 e. The molecular formula is C23H34O3. The van der Waals surface area contributed by atoms with Crippen LogP contribution in [0.4, 0.5) is 0 Å². The fraction of sp³-hybridized carbons (Fsp3) is 0.696. The van der Waals surface area contributed by atoms with Crippen molar-refractivity contribution in [3.63, 3.8) is 0 Å². The molecule has 3 heteroatoms. The van der Waals surface area contributed by atoms with Crippen molar-refractivity contribution >= 4 is 5.97 Å². The Bertz CT molecular complexity index is 626. The van der Waals surface area contributed by atoms with Gasteiger partial charge in [-0.05, 0) is 86.8 Å². The van der Waals surface area contributed by atoms with Crippen LogP contribution in [-0.2, 0) is 17.6 Å². The second kappa shape index (κ2) is 8.02. The average Bonchev–Trinajstić information content (AvgIpc) is 3.51. The summed E-state index contributed by atoms with van der Waals surface area (Å²) < 4.78 is 0. The topological polar surface area (TPSA) is 57.5 Å². The largest absolute Gasteiger partial charge is 0.508 e. The molecule has 144 valence electrons. The SMILES string of the molecule is CC1(CCCCc2c(O)cccc2CCCCCC2(C(=O)O)CC2)CC1. The first-order chi connectivity index (χ1) is 12.4. The molecule has 1 aromatic carbocycles. The molecule has 3 nitrogen and oxygen atoms in total. The van der Waals surface area contributed by atoms with E-state index in [-0.39, 0.29) is 5.41 Å². The lowest BCUT2D eigenvalue weighted by atomic mass is 9.93. The number of hydrogen-bond donors (Lipinski definition) is 2. The van der Waals surface area contributed by atoms with Crippen molar-refractivity contribution in [1.82, 2.24) is 0 Å². The predicted octanol–water partition coefficient (Wildman–Crippen LogP) is 5.87. The van der Waals surface area contributed by atoms with E-state index in [1.807, 2.05) is 12.1 Å². The van der Waals surface area contributed by atoms with Crippen LogP contribution in [0.5, 0.6) is 5.75 Å². The minimum atomic E-state index is -0.604. The van der Waals surface area contributed by atoms with Crippen LogP contribution in [0.1, 0.15) is 88.7 Å². The van der Waals surface area contributed by atoms with Gasteiger partial charge < -0.3 is 10.2 Å². The first kappa shape index (κ1) is 19.3. The van der Waals surface area contributed by atoms with Gasteiger partial charge in [0.05, 0.1) is 5.41 Å². The van der Waals surface area contributed by atoms with Crippen LogP contribution in [0.25, 0.3) is 0 Å². The molecule has 2 aliphatic rings. The van der Waals surface area contributed by atoms with Crippen molar-refractivity contribution in [3.05, 3.63) is 29.3 Å². The fourth-order valence-corrected chi connectivity index (χ4v) is 4.14. The van der Waals surface area contributed by atoms with Crippen molar-refractivity contribution in [1.29, 1.82) is 0 Å². The maximum Gasteiger partial charge on any atom is 0.309 e. The number of phenolic OH excluding ortho intramolecular Hbond substituents is 1. The van der Waals surface area contributed by atoms with Gasteiger partial charge in [-0.3, -0.25) is 4.79 Å². The van der Waals surface area contributed by atoms with E-state index >= 15 is 0 Å². The van der Waals surface area contributed by atoms with Crippen LogP contribution in [-0.4, -0.2) is 16.2 Å². The maximum atomic E-state index is 11.2. The lowest BCUT2D eigenvalue weighted by molar-refractivity contribution is -0.143. The lowest BCUT2D eigenvalue weighted by Gasteiger charge is -2.13. The second-order valence-electron chi connectivity index (χ2n) is 9.08. The van der Waals surface area contributed by atoms with Crippen LogP contribution in [0.2, 0.25) is 0 Å². The van der Waals surface area contributed by atoms with Crippen LogP contribution in [0, 0.1) is 10.8 Å².